The standard InChI is InChI=1S/C14H16ClFN4OS/c1-9(21)19-13(5-6-22-2)14-17-8-18-20(14)10-3-4-12(16)11(15)7-10/h3-4,7-8,13H,5-6H2,1-2H3,(H,19,21)/t13-/m0/s1. The SMILES string of the molecule is CSCC[C@H](NC(C)=O)c1ncnn1-c1ccc(F)c(Cl)c1. The van der Waals surface area contributed by atoms with Crippen molar-refractivity contribution >= 4 is 29.3 Å². The van der Waals surface area contributed by atoms with E-state index in [2.05, 4.69) is 15.4 Å². The summed E-state index contributed by atoms with van der Waals surface area (Å²) in [6, 6.07) is 4.06. The van der Waals surface area contributed by atoms with Gasteiger partial charge in [-0.3, -0.25) is 4.79 Å². The van der Waals surface area contributed by atoms with Crippen molar-refractivity contribution in [2.75, 3.05) is 12.0 Å². The van der Waals surface area contributed by atoms with Gasteiger partial charge in [0.05, 0.1) is 16.8 Å². The molecule has 22 heavy (non-hydrogen) atoms. The number of benzene rings is 1. The summed E-state index contributed by atoms with van der Waals surface area (Å²) in [5.41, 5.74) is 0.596. The Morgan fingerprint density at radius 3 is 2.95 bits per heavy atom. The van der Waals surface area contributed by atoms with Gasteiger partial charge in [0.25, 0.3) is 0 Å². The normalized spacial score (nSPS) is 12.2. The van der Waals surface area contributed by atoms with E-state index in [1.165, 1.54) is 25.4 Å². The number of nitrogens with zero attached hydrogens (tertiary/aromatic N) is 3. The van der Waals surface area contributed by atoms with Crippen LogP contribution in [0.4, 0.5) is 4.39 Å². The average molecular weight is 343 g/mol. The zero-order chi connectivity index (χ0) is 16.1. The van der Waals surface area contributed by atoms with E-state index in [9.17, 15) is 9.18 Å². The van der Waals surface area contributed by atoms with Crippen molar-refractivity contribution in [3.63, 3.8) is 0 Å². The summed E-state index contributed by atoms with van der Waals surface area (Å²) in [6.07, 6.45) is 4.12. The number of hydrogen-bond donors (Lipinski definition) is 1. The van der Waals surface area contributed by atoms with E-state index in [1.54, 1.807) is 22.5 Å². The topological polar surface area (TPSA) is 59.8 Å². The van der Waals surface area contributed by atoms with Gasteiger partial charge in [-0.25, -0.2) is 14.1 Å². The van der Waals surface area contributed by atoms with Gasteiger partial charge in [-0.15, -0.1) is 0 Å². The Morgan fingerprint density at radius 1 is 1.55 bits per heavy atom. The van der Waals surface area contributed by atoms with Crippen LogP contribution in [0.3, 0.4) is 0 Å². The summed E-state index contributed by atoms with van der Waals surface area (Å²) in [7, 11) is 0. The maximum absolute atomic E-state index is 13.3. The van der Waals surface area contributed by atoms with Crippen LogP contribution >= 0.6 is 23.4 Å². The van der Waals surface area contributed by atoms with E-state index in [4.69, 9.17) is 11.6 Å². The second-order valence-electron chi connectivity index (χ2n) is 4.66. The fourth-order valence-corrected chi connectivity index (χ4v) is 2.70. The van der Waals surface area contributed by atoms with Crippen molar-refractivity contribution in [2.45, 2.75) is 19.4 Å². The lowest BCUT2D eigenvalue weighted by molar-refractivity contribution is -0.119. The van der Waals surface area contributed by atoms with Crippen molar-refractivity contribution in [1.82, 2.24) is 20.1 Å². The van der Waals surface area contributed by atoms with Crippen molar-refractivity contribution in [3.8, 4) is 5.69 Å². The zero-order valence-corrected chi connectivity index (χ0v) is 13.8. The van der Waals surface area contributed by atoms with Gasteiger partial charge in [-0.2, -0.15) is 16.9 Å². The lowest BCUT2D eigenvalue weighted by Crippen LogP contribution is -2.29. The van der Waals surface area contributed by atoms with E-state index in [0.717, 1.165) is 5.75 Å². The van der Waals surface area contributed by atoms with Crippen LogP contribution in [0, 0.1) is 5.82 Å². The summed E-state index contributed by atoms with van der Waals surface area (Å²) in [5, 5.41) is 7.04. The number of carbonyl (C=O) groups is 1. The first-order valence-corrected chi connectivity index (χ1v) is 8.41. The van der Waals surface area contributed by atoms with E-state index < -0.39 is 5.82 Å². The fourth-order valence-electron chi connectivity index (χ4n) is 2.05. The van der Waals surface area contributed by atoms with Crippen LogP contribution in [-0.2, 0) is 4.79 Å². The first-order valence-electron chi connectivity index (χ1n) is 6.64. The molecule has 0 unspecified atom stereocenters. The third-order valence-corrected chi connectivity index (χ3v) is 3.96. The maximum Gasteiger partial charge on any atom is 0.217 e. The number of thioether (sulfide) groups is 1. The number of aromatic nitrogens is 3. The molecule has 0 saturated heterocycles. The lowest BCUT2D eigenvalue weighted by Gasteiger charge is -2.17. The van der Waals surface area contributed by atoms with Crippen molar-refractivity contribution in [1.29, 1.82) is 0 Å². The molecule has 0 radical (unpaired) electrons. The Labute approximate surface area is 137 Å². The molecule has 1 aromatic carbocycles. The van der Waals surface area contributed by atoms with E-state index in [0.29, 0.717) is 17.9 Å². The molecular weight excluding hydrogens is 327 g/mol. The number of rotatable bonds is 6. The van der Waals surface area contributed by atoms with Crippen LogP contribution in [0.2, 0.25) is 5.02 Å². The quantitative estimate of drug-likeness (QED) is 0.876. The highest BCUT2D eigenvalue weighted by Crippen LogP contribution is 2.23. The molecule has 1 N–H and O–H groups in total. The van der Waals surface area contributed by atoms with Gasteiger partial charge < -0.3 is 5.32 Å². The Balaban J connectivity index is 2.36. The minimum Gasteiger partial charge on any atom is -0.346 e. The van der Waals surface area contributed by atoms with Crippen LogP contribution in [0.15, 0.2) is 24.5 Å². The molecule has 0 aliphatic carbocycles. The van der Waals surface area contributed by atoms with E-state index >= 15 is 0 Å². The highest BCUT2D eigenvalue weighted by molar-refractivity contribution is 7.98. The molecule has 1 aromatic heterocycles. The van der Waals surface area contributed by atoms with Gasteiger partial charge in [0, 0.05) is 6.92 Å². The summed E-state index contributed by atoms with van der Waals surface area (Å²) >= 11 is 7.50. The number of nitrogens with one attached hydrogen (secondary N) is 1. The first-order chi connectivity index (χ1) is 10.5. The van der Waals surface area contributed by atoms with Crippen LogP contribution in [0.1, 0.15) is 25.2 Å². The van der Waals surface area contributed by atoms with Gasteiger partial charge in [-0.05, 0) is 36.6 Å². The molecule has 8 heteroatoms. The molecule has 5 nitrogen and oxygen atoms in total. The first kappa shape index (κ1) is 16.8. The Kier molecular flexibility index (Phi) is 5.79. The van der Waals surface area contributed by atoms with E-state index in [-0.39, 0.29) is 17.0 Å². The van der Waals surface area contributed by atoms with Crippen molar-refractivity contribution < 1.29 is 9.18 Å². The molecule has 1 amide bonds. The maximum atomic E-state index is 13.3. The molecule has 0 fully saturated rings. The fraction of sp³-hybridized carbons (Fsp3) is 0.357. The Bertz CT molecular complexity index is 664. The minimum atomic E-state index is -0.493. The molecular formula is C14H16ClFN4OS. The van der Waals surface area contributed by atoms with Crippen LogP contribution in [0.25, 0.3) is 5.69 Å². The Hall–Kier alpha value is -1.60. The van der Waals surface area contributed by atoms with Crippen molar-refractivity contribution in [2.24, 2.45) is 0 Å². The third-order valence-electron chi connectivity index (χ3n) is 3.02. The molecule has 2 rings (SSSR count). The predicted octanol–water partition coefficient (Wildman–Crippen LogP) is 2.99. The highest BCUT2D eigenvalue weighted by Gasteiger charge is 2.20. The average Bonchev–Trinajstić information content (AvgIpc) is 2.95. The minimum absolute atomic E-state index is 0.0131. The molecule has 1 atom stereocenters. The smallest absolute Gasteiger partial charge is 0.217 e. The van der Waals surface area contributed by atoms with Gasteiger partial charge in [0.1, 0.15) is 12.1 Å². The molecule has 1 heterocycles. The number of amides is 1. The molecule has 0 aliphatic heterocycles. The number of carbonyl (C=O) groups excluding carboxylic acids is 1. The Morgan fingerprint density at radius 2 is 2.32 bits per heavy atom. The number of hydrogen-bond acceptors (Lipinski definition) is 4. The van der Waals surface area contributed by atoms with Crippen LogP contribution < -0.4 is 5.32 Å². The summed E-state index contributed by atoms with van der Waals surface area (Å²) in [5.74, 6) is 0.819. The van der Waals surface area contributed by atoms with Crippen molar-refractivity contribution in [3.05, 3.63) is 41.2 Å². The molecule has 0 spiro atoms. The van der Waals surface area contributed by atoms with Crippen LogP contribution in [0.5, 0.6) is 0 Å². The molecule has 0 aliphatic rings. The molecule has 118 valence electrons. The third kappa shape index (κ3) is 3.98. The predicted molar refractivity (Wildman–Crippen MR) is 85.9 cm³/mol. The zero-order valence-electron chi connectivity index (χ0n) is 12.2. The van der Waals surface area contributed by atoms with Crippen LogP contribution in [-0.4, -0.2) is 32.7 Å². The summed E-state index contributed by atoms with van der Waals surface area (Å²) < 4.78 is 14.9. The molecule has 0 bridgehead atoms. The second kappa shape index (κ2) is 7.60. The largest absolute Gasteiger partial charge is 0.346 e. The highest BCUT2D eigenvalue weighted by atomic mass is 35.5. The summed E-state index contributed by atoms with van der Waals surface area (Å²) in [4.78, 5) is 15.7. The monoisotopic (exact) mass is 342 g/mol. The molecule has 2 aromatic rings. The van der Waals surface area contributed by atoms with E-state index in [1.807, 2.05) is 6.26 Å². The lowest BCUT2D eigenvalue weighted by atomic mass is 10.2. The van der Waals surface area contributed by atoms with Gasteiger partial charge in [0.15, 0.2) is 5.82 Å². The van der Waals surface area contributed by atoms with Gasteiger partial charge in [0.2, 0.25) is 5.91 Å². The van der Waals surface area contributed by atoms with Gasteiger partial charge in [-0.1, -0.05) is 11.6 Å². The second-order valence-corrected chi connectivity index (χ2v) is 6.06. The number of halogens is 2. The molecule has 0 saturated carbocycles. The summed E-state index contributed by atoms with van der Waals surface area (Å²) in [6.45, 7) is 1.46. The van der Waals surface area contributed by atoms with Gasteiger partial charge >= 0.3 is 0 Å².